The van der Waals surface area contributed by atoms with E-state index in [1.54, 1.807) is 48.5 Å². The summed E-state index contributed by atoms with van der Waals surface area (Å²) >= 11 is 11.9. The Morgan fingerprint density at radius 2 is 1.75 bits per heavy atom. The van der Waals surface area contributed by atoms with Gasteiger partial charge in [0.15, 0.2) is 5.43 Å². The zero-order valence-corrected chi connectivity index (χ0v) is 15.9. The van der Waals surface area contributed by atoms with E-state index in [1.807, 2.05) is 0 Å². The van der Waals surface area contributed by atoms with Gasteiger partial charge in [0.1, 0.15) is 29.5 Å². The van der Waals surface area contributed by atoms with Gasteiger partial charge in [0, 0.05) is 22.2 Å². The van der Waals surface area contributed by atoms with E-state index in [4.69, 9.17) is 32.4 Å². The lowest BCUT2D eigenvalue weighted by molar-refractivity contribution is 0.300. The Morgan fingerprint density at radius 3 is 2.50 bits per heavy atom. The average molecular weight is 415 g/mol. The molecular formula is C22H13Cl2FO3. The smallest absolute Gasteiger partial charge is 0.193 e. The second-order valence-corrected chi connectivity index (χ2v) is 6.97. The Labute approximate surface area is 169 Å². The highest BCUT2D eigenvalue weighted by Gasteiger charge is 2.11. The average Bonchev–Trinajstić information content (AvgIpc) is 2.68. The Kier molecular flexibility index (Phi) is 5.07. The summed E-state index contributed by atoms with van der Waals surface area (Å²) in [6.07, 6.45) is 0. The van der Waals surface area contributed by atoms with Crippen LogP contribution in [0.4, 0.5) is 4.39 Å². The topological polar surface area (TPSA) is 39.4 Å². The third-order valence-electron chi connectivity index (χ3n) is 4.27. The van der Waals surface area contributed by atoms with Crippen molar-refractivity contribution in [3.8, 4) is 17.1 Å². The summed E-state index contributed by atoms with van der Waals surface area (Å²) in [6.45, 7) is -0.0504. The van der Waals surface area contributed by atoms with Gasteiger partial charge >= 0.3 is 0 Å². The maximum absolute atomic E-state index is 13.9. The maximum atomic E-state index is 13.9. The van der Waals surface area contributed by atoms with Crippen LogP contribution in [0.3, 0.4) is 0 Å². The Hall–Kier alpha value is -2.82. The van der Waals surface area contributed by atoms with Gasteiger partial charge in [-0.15, -0.1) is 0 Å². The zero-order valence-electron chi connectivity index (χ0n) is 14.4. The Bertz CT molecular complexity index is 1200. The molecule has 6 heteroatoms. The monoisotopic (exact) mass is 414 g/mol. The summed E-state index contributed by atoms with van der Waals surface area (Å²) in [6, 6.07) is 17.8. The summed E-state index contributed by atoms with van der Waals surface area (Å²) < 4.78 is 25.3. The van der Waals surface area contributed by atoms with Crippen molar-refractivity contribution in [2.24, 2.45) is 0 Å². The Morgan fingerprint density at radius 1 is 0.964 bits per heavy atom. The standard InChI is InChI=1S/C22H13Cl2FO3/c23-14-6-4-13(5-7-14)22-11-20(26)16-10-15(8-9-21(16)28-22)27-12-17-18(24)2-1-3-19(17)25/h1-11H,12H2. The van der Waals surface area contributed by atoms with Crippen molar-refractivity contribution in [3.63, 3.8) is 0 Å². The molecule has 0 aliphatic carbocycles. The molecule has 0 saturated carbocycles. The van der Waals surface area contributed by atoms with Gasteiger partial charge in [0.2, 0.25) is 0 Å². The molecular weight excluding hydrogens is 402 g/mol. The number of ether oxygens (including phenoxy) is 1. The van der Waals surface area contributed by atoms with Gasteiger partial charge in [-0.05, 0) is 54.6 Å². The summed E-state index contributed by atoms with van der Waals surface area (Å²) in [4.78, 5) is 12.6. The summed E-state index contributed by atoms with van der Waals surface area (Å²) in [5.41, 5.74) is 1.22. The highest BCUT2D eigenvalue weighted by Crippen LogP contribution is 2.27. The van der Waals surface area contributed by atoms with Gasteiger partial charge in [-0.25, -0.2) is 4.39 Å². The first-order valence-corrected chi connectivity index (χ1v) is 9.16. The van der Waals surface area contributed by atoms with Crippen molar-refractivity contribution in [1.82, 2.24) is 0 Å². The lowest BCUT2D eigenvalue weighted by Crippen LogP contribution is -2.03. The second-order valence-electron chi connectivity index (χ2n) is 6.13. The van der Waals surface area contributed by atoms with Gasteiger partial charge < -0.3 is 9.15 Å². The highest BCUT2D eigenvalue weighted by molar-refractivity contribution is 6.31. The molecule has 1 aromatic heterocycles. The number of fused-ring (bicyclic) bond motifs is 1. The van der Waals surface area contributed by atoms with Crippen molar-refractivity contribution < 1.29 is 13.5 Å². The first-order chi connectivity index (χ1) is 13.5. The molecule has 0 unspecified atom stereocenters. The fraction of sp³-hybridized carbons (Fsp3) is 0.0455. The summed E-state index contributed by atoms with van der Waals surface area (Å²) in [5.74, 6) is 0.416. The molecule has 3 aromatic carbocycles. The first-order valence-electron chi connectivity index (χ1n) is 8.41. The molecule has 28 heavy (non-hydrogen) atoms. The van der Waals surface area contributed by atoms with Crippen LogP contribution in [0.1, 0.15) is 5.56 Å². The van der Waals surface area contributed by atoms with Gasteiger partial charge in [0.05, 0.1) is 10.4 Å². The van der Waals surface area contributed by atoms with Crippen molar-refractivity contribution in [1.29, 1.82) is 0 Å². The van der Waals surface area contributed by atoms with Crippen LogP contribution in [0.2, 0.25) is 10.0 Å². The third kappa shape index (κ3) is 3.75. The van der Waals surface area contributed by atoms with Gasteiger partial charge in [-0.2, -0.15) is 0 Å². The summed E-state index contributed by atoms with van der Waals surface area (Å²) in [7, 11) is 0. The van der Waals surface area contributed by atoms with Gasteiger partial charge in [-0.3, -0.25) is 4.79 Å². The minimum atomic E-state index is -0.444. The van der Waals surface area contributed by atoms with Crippen LogP contribution in [-0.4, -0.2) is 0 Å². The van der Waals surface area contributed by atoms with E-state index in [0.29, 0.717) is 27.5 Å². The van der Waals surface area contributed by atoms with Crippen molar-refractivity contribution in [3.05, 3.63) is 98.4 Å². The molecule has 1 heterocycles. The van der Waals surface area contributed by atoms with Gasteiger partial charge in [-0.1, -0.05) is 29.3 Å². The SMILES string of the molecule is O=c1cc(-c2ccc(Cl)cc2)oc2ccc(OCc3c(F)cccc3Cl)cc12. The van der Waals surface area contributed by atoms with Gasteiger partial charge in [0.25, 0.3) is 0 Å². The maximum Gasteiger partial charge on any atom is 0.193 e. The van der Waals surface area contributed by atoms with E-state index in [-0.39, 0.29) is 22.6 Å². The molecule has 0 N–H and O–H groups in total. The number of rotatable bonds is 4. The van der Waals surface area contributed by atoms with Crippen LogP contribution in [0, 0.1) is 5.82 Å². The fourth-order valence-electron chi connectivity index (χ4n) is 2.81. The number of benzene rings is 3. The summed E-state index contributed by atoms with van der Waals surface area (Å²) in [5, 5.41) is 1.26. The molecule has 0 radical (unpaired) electrons. The molecule has 0 saturated heterocycles. The molecule has 0 aliphatic rings. The van der Waals surface area contributed by atoms with E-state index in [2.05, 4.69) is 0 Å². The number of hydrogen-bond acceptors (Lipinski definition) is 3. The van der Waals surface area contributed by atoms with E-state index in [9.17, 15) is 9.18 Å². The predicted octanol–water partition coefficient (Wildman–Crippen LogP) is 6.48. The minimum absolute atomic E-state index is 0.0504. The third-order valence-corrected chi connectivity index (χ3v) is 4.88. The van der Waals surface area contributed by atoms with Crippen molar-refractivity contribution >= 4 is 34.2 Å². The van der Waals surface area contributed by atoms with E-state index in [0.717, 1.165) is 5.56 Å². The van der Waals surface area contributed by atoms with Crippen LogP contribution >= 0.6 is 23.2 Å². The lowest BCUT2D eigenvalue weighted by atomic mass is 10.1. The number of halogens is 3. The van der Waals surface area contributed by atoms with Crippen LogP contribution in [0.5, 0.6) is 5.75 Å². The molecule has 0 bridgehead atoms. The Balaban J connectivity index is 1.64. The van der Waals surface area contributed by atoms with Crippen LogP contribution in [0.25, 0.3) is 22.3 Å². The molecule has 0 spiro atoms. The zero-order chi connectivity index (χ0) is 19.7. The molecule has 4 rings (SSSR count). The van der Waals surface area contributed by atoms with Crippen molar-refractivity contribution in [2.45, 2.75) is 6.61 Å². The van der Waals surface area contributed by atoms with E-state index in [1.165, 1.54) is 18.2 Å². The van der Waals surface area contributed by atoms with Crippen LogP contribution in [0.15, 0.2) is 75.9 Å². The molecule has 0 amide bonds. The number of hydrogen-bond donors (Lipinski definition) is 0. The molecule has 0 aliphatic heterocycles. The molecule has 4 aromatic rings. The van der Waals surface area contributed by atoms with Crippen molar-refractivity contribution in [2.75, 3.05) is 0 Å². The predicted molar refractivity (Wildman–Crippen MR) is 109 cm³/mol. The molecule has 3 nitrogen and oxygen atoms in total. The minimum Gasteiger partial charge on any atom is -0.489 e. The lowest BCUT2D eigenvalue weighted by Gasteiger charge is -2.10. The van der Waals surface area contributed by atoms with E-state index >= 15 is 0 Å². The second kappa shape index (κ2) is 7.66. The largest absolute Gasteiger partial charge is 0.489 e. The normalized spacial score (nSPS) is 11.0. The van der Waals surface area contributed by atoms with Crippen LogP contribution in [-0.2, 0) is 6.61 Å². The highest BCUT2D eigenvalue weighted by atomic mass is 35.5. The van der Waals surface area contributed by atoms with Crippen LogP contribution < -0.4 is 10.2 Å². The molecule has 140 valence electrons. The fourth-order valence-corrected chi connectivity index (χ4v) is 3.15. The quantitative estimate of drug-likeness (QED) is 0.383. The van der Waals surface area contributed by atoms with E-state index < -0.39 is 5.82 Å². The molecule has 0 atom stereocenters. The first kappa shape index (κ1) is 18.5. The molecule has 0 fully saturated rings.